The third-order valence-electron chi connectivity index (χ3n) is 5.46. The van der Waals surface area contributed by atoms with E-state index in [1.807, 2.05) is 41.9 Å². The number of amides is 1. The number of para-hydroxylation sites is 1. The molecule has 6 nitrogen and oxygen atoms in total. The van der Waals surface area contributed by atoms with Crippen molar-refractivity contribution < 1.29 is 4.79 Å². The van der Waals surface area contributed by atoms with Crippen LogP contribution in [0.5, 0.6) is 0 Å². The van der Waals surface area contributed by atoms with Gasteiger partial charge in [-0.3, -0.25) is 4.79 Å². The van der Waals surface area contributed by atoms with Crippen LogP contribution in [0.2, 0.25) is 0 Å². The van der Waals surface area contributed by atoms with Crippen molar-refractivity contribution in [2.24, 2.45) is 0 Å². The molecule has 4 rings (SSSR count). The van der Waals surface area contributed by atoms with E-state index in [-0.39, 0.29) is 11.9 Å². The molecule has 2 N–H and O–H groups in total. The van der Waals surface area contributed by atoms with Gasteiger partial charge in [-0.25, -0.2) is 4.68 Å². The molecule has 1 amide bonds. The fourth-order valence-electron chi connectivity index (χ4n) is 3.77. The SMILES string of the molecule is CCCSc1nc2n(n1)C(c1ccc(C(C)C)cc1)C(C(=O)Nc1ccccc1)=C(C)N2. The van der Waals surface area contributed by atoms with Crippen molar-refractivity contribution in [3.63, 3.8) is 0 Å². The predicted molar refractivity (Wildman–Crippen MR) is 131 cm³/mol. The molecule has 3 aromatic rings. The van der Waals surface area contributed by atoms with Crippen LogP contribution in [0.3, 0.4) is 0 Å². The molecule has 166 valence electrons. The number of hydrogen-bond acceptors (Lipinski definition) is 5. The van der Waals surface area contributed by atoms with Gasteiger partial charge in [-0.05, 0) is 42.5 Å². The largest absolute Gasteiger partial charge is 0.328 e. The predicted octanol–water partition coefficient (Wildman–Crippen LogP) is 5.83. The molecule has 1 aliphatic heterocycles. The Bertz CT molecular complexity index is 1120. The van der Waals surface area contributed by atoms with Gasteiger partial charge in [-0.2, -0.15) is 4.98 Å². The van der Waals surface area contributed by atoms with Crippen molar-refractivity contribution in [2.45, 2.75) is 51.2 Å². The number of carbonyl (C=O) groups is 1. The van der Waals surface area contributed by atoms with Gasteiger partial charge >= 0.3 is 0 Å². The van der Waals surface area contributed by atoms with Gasteiger partial charge in [-0.15, -0.1) is 5.10 Å². The highest BCUT2D eigenvalue weighted by molar-refractivity contribution is 7.99. The number of allylic oxidation sites excluding steroid dienone is 1. The maximum Gasteiger partial charge on any atom is 0.255 e. The van der Waals surface area contributed by atoms with E-state index in [0.29, 0.717) is 17.4 Å². The van der Waals surface area contributed by atoms with Crippen LogP contribution in [-0.4, -0.2) is 26.4 Å². The lowest BCUT2D eigenvalue weighted by Crippen LogP contribution is -2.31. The van der Waals surface area contributed by atoms with Gasteiger partial charge in [0.1, 0.15) is 6.04 Å². The lowest BCUT2D eigenvalue weighted by molar-refractivity contribution is -0.113. The van der Waals surface area contributed by atoms with E-state index < -0.39 is 0 Å². The molecule has 0 bridgehead atoms. The van der Waals surface area contributed by atoms with Crippen molar-refractivity contribution in [3.8, 4) is 0 Å². The topological polar surface area (TPSA) is 71.8 Å². The van der Waals surface area contributed by atoms with Crippen LogP contribution in [0.25, 0.3) is 0 Å². The molecular weight excluding hydrogens is 418 g/mol. The first-order chi connectivity index (χ1) is 15.5. The van der Waals surface area contributed by atoms with E-state index in [1.54, 1.807) is 11.8 Å². The second-order valence-electron chi connectivity index (χ2n) is 8.22. The Morgan fingerprint density at radius 3 is 2.53 bits per heavy atom. The second-order valence-corrected chi connectivity index (χ2v) is 9.28. The number of nitrogens with zero attached hydrogens (tertiary/aromatic N) is 3. The number of fused-ring (bicyclic) bond motifs is 1. The Balaban J connectivity index is 1.75. The molecule has 2 aromatic carbocycles. The molecule has 0 saturated heterocycles. The Morgan fingerprint density at radius 1 is 1.16 bits per heavy atom. The fourth-order valence-corrected chi connectivity index (χ4v) is 4.45. The molecule has 0 spiro atoms. The summed E-state index contributed by atoms with van der Waals surface area (Å²) in [5, 5.41) is 11.8. The Hall–Kier alpha value is -3.06. The van der Waals surface area contributed by atoms with Gasteiger partial charge < -0.3 is 10.6 Å². The molecule has 0 radical (unpaired) electrons. The zero-order valence-corrected chi connectivity index (χ0v) is 19.7. The minimum Gasteiger partial charge on any atom is -0.328 e. The van der Waals surface area contributed by atoms with Crippen molar-refractivity contribution in [2.75, 3.05) is 16.4 Å². The van der Waals surface area contributed by atoms with Crippen LogP contribution >= 0.6 is 11.8 Å². The molecule has 0 saturated carbocycles. The molecule has 0 aliphatic carbocycles. The van der Waals surface area contributed by atoms with E-state index in [0.717, 1.165) is 34.3 Å². The third-order valence-corrected chi connectivity index (χ3v) is 6.51. The summed E-state index contributed by atoms with van der Waals surface area (Å²) in [4.78, 5) is 18.1. The summed E-state index contributed by atoms with van der Waals surface area (Å²) < 4.78 is 1.84. The summed E-state index contributed by atoms with van der Waals surface area (Å²) in [5.41, 5.74) is 4.44. The summed E-state index contributed by atoms with van der Waals surface area (Å²) in [6.45, 7) is 8.41. The highest BCUT2D eigenvalue weighted by atomic mass is 32.2. The average Bonchev–Trinajstić information content (AvgIpc) is 3.19. The van der Waals surface area contributed by atoms with Crippen LogP contribution in [0, 0.1) is 0 Å². The smallest absolute Gasteiger partial charge is 0.255 e. The molecule has 7 heteroatoms. The first-order valence-corrected chi connectivity index (χ1v) is 12.0. The molecule has 1 atom stereocenters. The van der Waals surface area contributed by atoms with Crippen molar-refractivity contribution in [1.82, 2.24) is 14.8 Å². The minimum atomic E-state index is -0.361. The van der Waals surface area contributed by atoms with Gasteiger partial charge in [-0.1, -0.05) is 75.0 Å². The Labute approximate surface area is 193 Å². The average molecular weight is 448 g/mol. The van der Waals surface area contributed by atoms with Crippen molar-refractivity contribution >= 4 is 29.3 Å². The lowest BCUT2D eigenvalue weighted by Gasteiger charge is -2.29. The van der Waals surface area contributed by atoms with Gasteiger partial charge in [0, 0.05) is 17.1 Å². The summed E-state index contributed by atoms with van der Waals surface area (Å²) in [6.07, 6.45) is 1.05. The number of hydrogen-bond donors (Lipinski definition) is 2. The summed E-state index contributed by atoms with van der Waals surface area (Å²) >= 11 is 1.63. The molecule has 2 heterocycles. The fraction of sp³-hybridized carbons (Fsp3) is 0.320. The van der Waals surface area contributed by atoms with Crippen molar-refractivity contribution in [1.29, 1.82) is 0 Å². The summed E-state index contributed by atoms with van der Waals surface area (Å²) in [6, 6.07) is 17.6. The van der Waals surface area contributed by atoms with E-state index in [1.165, 1.54) is 5.56 Å². The van der Waals surface area contributed by atoms with E-state index in [4.69, 9.17) is 5.10 Å². The number of rotatable bonds is 7. The zero-order valence-electron chi connectivity index (χ0n) is 18.9. The van der Waals surface area contributed by atoms with Crippen LogP contribution in [0.1, 0.15) is 57.2 Å². The van der Waals surface area contributed by atoms with Gasteiger partial charge in [0.2, 0.25) is 11.1 Å². The highest BCUT2D eigenvalue weighted by Gasteiger charge is 2.34. The Morgan fingerprint density at radius 2 is 1.88 bits per heavy atom. The van der Waals surface area contributed by atoms with Crippen LogP contribution in [0.15, 0.2) is 71.0 Å². The number of nitrogens with one attached hydrogen (secondary N) is 2. The standard InChI is InChI=1S/C25H29N5OS/c1-5-15-32-25-28-24-26-17(4)21(23(31)27-20-9-7-6-8-10-20)22(30(24)29-25)19-13-11-18(12-14-19)16(2)3/h6-14,16,22H,5,15H2,1-4H3,(H,27,31)(H,26,28,29). The van der Waals surface area contributed by atoms with Crippen LogP contribution < -0.4 is 10.6 Å². The number of thioether (sulfide) groups is 1. The van der Waals surface area contributed by atoms with Gasteiger partial charge in [0.05, 0.1) is 5.57 Å². The molecule has 1 aliphatic rings. The number of aromatic nitrogens is 3. The first-order valence-electron chi connectivity index (χ1n) is 11.0. The third kappa shape index (κ3) is 4.58. The normalized spacial score (nSPS) is 15.5. The van der Waals surface area contributed by atoms with E-state index in [2.05, 4.69) is 60.7 Å². The highest BCUT2D eigenvalue weighted by Crippen LogP contribution is 2.37. The molecule has 32 heavy (non-hydrogen) atoms. The number of anilines is 2. The second kappa shape index (κ2) is 9.61. The van der Waals surface area contributed by atoms with E-state index >= 15 is 0 Å². The number of benzene rings is 2. The quantitative estimate of drug-likeness (QED) is 0.446. The van der Waals surface area contributed by atoms with E-state index in [9.17, 15) is 4.79 Å². The van der Waals surface area contributed by atoms with Crippen LogP contribution in [-0.2, 0) is 4.79 Å². The molecule has 1 unspecified atom stereocenters. The molecule has 1 aromatic heterocycles. The lowest BCUT2D eigenvalue weighted by atomic mass is 9.93. The molecule has 0 fully saturated rings. The summed E-state index contributed by atoms with van der Waals surface area (Å²) in [5.74, 6) is 1.90. The summed E-state index contributed by atoms with van der Waals surface area (Å²) in [7, 11) is 0. The maximum atomic E-state index is 13.4. The van der Waals surface area contributed by atoms with Gasteiger partial charge in [0.15, 0.2) is 0 Å². The first kappa shape index (κ1) is 22.1. The zero-order chi connectivity index (χ0) is 22.7. The number of carbonyl (C=O) groups excluding carboxylic acids is 1. The maximum absolute atomic E-state index is 13.4. The molecular formula is C25H29N5OS. The Kier molecular flexibility index (Phi) is 6.65. The van der Waals surface area contributed by atoms with Crippen LogP contribution in [0.4, 0.5) is 11.6 Å². The minimum absolute atomic E-state index is 0.150. The van der Waals surface area contributed by atoms with Crippen molar-refractivity contribution in [3.05, 3.63) is 77.0 Å². The monoisotopic (exact) mass is 447 g/mol. The van der Waals surface area contributed by atoms with Gasteiger partial charge in [0.25, 0.3) is 5.91 Å².